The quantitative estimate of drug-likeness (QED) is 0.720. The Labute approximate surface area is 89.3 Å². The Balaban J connectivity index is 2.75. The van der Waals surface area contributed by atoms with Crippen LogP contribution >= 0.6 is 0 Å². The van der Waals surface area contributed by atoms with Crippen molar-refractivity contribution in [3.05, 3.63) is 29.6 Å². The lowest BCUT2D eigenvalue weighted by Crippen LogP contribution is -2.10. The van der Waals surface area contributed by atoms with Gasteiger partial charge in [-0.15, -0.1) is 0 Å². The fourth-order valence-corrected chi connectivity index (χ4v) is 1.75. The van der Waals surface area contributed by atoms with Gasteiger partial charge in [0, 0.05) is 30.1 Å². The maximum atomic E-state index is 11.6. The van der Waals surface area contributed by atoms with E-state index in [-0.39, 0.29) is 18.0 Å². The van der Waals surface area contributed by atoms with Crippen molar-refractivity contribution >= 4 is 15.6 Å². The first-order valence-corrected chi connectivity index (χ1v) is 6.59. The van der Waals surface area contributed by atoms with Crippen LogP contribution in [0.5, 0.6) is 0 Å². The number of pyridine rings is 1. The van der Waals surface area contributed by atoms with Gasteiger partial charge >= 0.3 is 0 Å². The summed E-state index contributed by atoms with van der Waals surface area (Å²) in [6, 6.07) is 3.33. The highest BCUT2D eigenvalue weighted by Gasteiger charge is 2.12. The number of aryl methyl sites for hydroxylation is 1. The van der Waals surface area contributed by atoms with Crippen LogP contribution in [0.3, 0.4) is 0 Å². The second kappa shape index (κ2) is 4.53. The molecule has 0 aliphatic carbocycles. The molecule has 0 saturated heterocycles. The van der Waals surface area contributed by atoms with Gasteiger partial charge in [0.15, 0.2) is 5.78 Å². The predicted octanol–water partition coefficient (Wildman–Crippen LogP) is 1.01. The number of ketones is 1. The zero-order valence-corrected chi connectivity index (χ0v) is 9.54. The fourth-order valence-electron chi connectivity index (χ4n) is 1.19. The fraction of sp³-hybridized carbons (Fsp3) is 0.400. The first-order valence-electron chi connectivity index (χ1n) is 4.53. The van der Waals surface area contributed by atoms with E-state index in [4.69, 9.17) is 0 Å². The first-order chi connectivity index (χ1) is 6.90. The largest absolute Gasteiger partial charge is 0.294 e. The van der Waals surface area contributed by atoms with Crippen LogP contribution in [-0.2, 0) is 9.84 Å². The van der Waals surface area contributed by atoms with E-state index in [1.54, 1.807) is 25.3 Å². The maximum Gasteiger partial charge on any atom is 0.165 e. The van der Waals surface area contributed by atoms with E-state index in [2.05, 4.69) is 4.98 Å². The summed E-state index contributed by atoms with van der Waals surface area (Å²) in [5.74, 6) is -0.286. The molecule has 15 heavy (non-hydrogen) atoms. The molecule has 0 spiro atoms. The molecule has 1 heterocycles. The van der Waals surface area contributed by atoms with Crippen LogP contribution in [0.2, 0.25) is 0 Å². The van der Waals surface area contributed by atoms with Crippen LogP contribution in [0.15, 0.2) is 18.3 Å². The number of carbonyl (C=O) groups is 1. The highest BCUT2D eigenvalue weighted by Crippen LogP contribution is 2.07. The molecule has 0 N–H and O–H groups in total. The Bertz CT molecular complexity index is 465. The number of rotatable bonds is 4. The molecule has 0 saturated carbocycles. The van der Waals surface area contributed by atoms with Crippen LogP contribution in [0.4, 0.5) is 0 Å². The van der Waals surface area contributed by atoms with Gasteiger partial charge in [0.1, 0.15) is 9.84 Å². The second-order valence-corrected chi connectivity index (χ2v) is 5.70. The van der Waals surface area contributed by atoms with Gasteiger partial charge in [-0.1, -0.05) is 0 Å². The molecule has 0 fully saturated rings. The Morgan fingerprint density at radius 3 is 2.67 bits per heavy atom. The summed E-state index contributed by atoms with van der Waals surface area (Å²) in [5.41, 5.74) is 1.14. The minimum absolute atomic E-state index is 0.0192. The lowest BCUT2D eigenvalue weighted by Gasteiger charge is -2.02. The third-order valence-electron chi connectivity index (χ3n) is 2.01. The standard InChI is InChI=1S/C10H13NO3S/c1-8-9(4-3-6-11-8)10(12)5-7-15(2,13)14/h3-4,6H,5,7H2,1-2H3. The molecule has 1 rings (SSSR count). The van der Waals surface area contributed by atoms with Gasteiger partial charge < -0.3 is 0 Å². The minimum Gasteiger partial charge on any atom is -0.294 e. The summed E-state index contributed by atoms with van der Waals surface area (Å²) in [6.07, 6.45) is 2.74. The molecule has 82 valence electrons. The maximum absolute atomic E-state index is 11.6. The van der Waals surface area contributed by atoms with Crippen molar-refractivity contribution in [2.75, 3.05) is 12.0 Å². The zero-order valence-electron chi connectivity index (χ0n) is 8.73. The Morgan fingerprint density at radius 2 is 2.13 bits per heavy atom. The molecule has 0 amide bonds. The van der Waals surface area contributed by atoms with E-state index in [1.807, 2.05) is 0 Å². The van der Waals surface area contributed by atoms with Crippen LogP contribution in [0.25, 0.3) is 0 Å². The molecular weight excluding hydrogens is 214 g/mol. The van der Waals surface area contributed by atoms with E-state index in [1.165, 1.54) is 0 Å². The number of nitrogens with zero attached hydrogens (tertiary/aromatic N) is 1. The third-order valence-corrected chi connectivity index (χ3v) is 2.95. The Morgan fingerprint density at radius 1 is 1.47 bits per heavy atom. The summed E-state index contributed by atoms with van der Waals surface area (Å²) >= 11 is 0. The lowest BCUT2D eigenvalue weighted by molar-refractivity contribution is 0.0988. The van der Waals surface area contributed by atoms with Crippen molar-refractivity contribution in [2.45, 2.75) is 13.3 Å². The van der Waals surface area contributed by atoms with Gasteiger partial charge in [-0.2, -0.15) is 0 Å². The first kappa shape index (κ1) is 11.8. The number of aromatic nitrogens is 1. The lowest BCUT2D eigenvalue weighted by atomic mass is 10.1. The molecule has 4 nitrogen and oxygen atoms in total. The number of hydrogen-bond donors (Lipinski definition) is 0. The van der Waals surface area contributed by atoms with Crippen molar-refractivity contribution in [1.29, 1.82) is 0 Å². The highest BCUT2D eigenvalue weighted by atomic mass is 32.2. The molecule has 1 aromatic heterocycles. The summed E-state index contributed by atoms with van der Waals surface area (Å²) in [4.78, 5) is 15.6. The van der Waals surface area contributed by atoms with Gasteiger partial charge in [-0.3, -0.25) is 9.78 Å². The molecule has 0 unspecified atom stereocenters. The van der Waals surface area contributed by atoms with Crippen molar-refractivity contribution in [3.8, 4) is 0 Å². The van der Waals surface area contributed by atoms with Crippen molar-refractivity contribution in [1.82, 2.24) is 4.98 Å². The second-order valence-electron chi connectivity index (χ2n) is 3.44. The molecule has 1 aromatic rings. The SMILES string of the molecule is Cc1ncccc1C(=O)CCS(C)(=O)=O. The molecule has 0 radical (unpaired) electrons. The average molecular weight is 227 g/mol. The summed E-state index contributed by atoms with van der Waals surface area (Å²) in [7, 11) is -3.08. The smallest absolute Gasteiger partial charge is 0.165 e. The summed E-state index contributed by atoms with van der Waals surface area (Å²) in [5, 5.41) is 0. The number of carbonyl (C=O) groups excluding carboxylic acids is 1. The van der Waals surface area contributed by atoms with Crippen LogP contribution in [0, 0.1) is 6.92 Å². The van der Waals surface area contributed by atoms with Gasteiger partial charge in [0.05, 0.1) is 5.75 Å². The predicted molar refractivity (Wildman–Crippen MR) is 57.6 cm³/mol. The third kappa shape index (κ3) is 3.79. The Kier molecular flexibility index (Phi) is 3.57. The number of hydrogen-bond acceptors (Lipinski definition) is 4. The molecule has 0 bridgehead atoms. The summed E-state index contributed by atoms with van der Waals surface area (Å²) in [6.45, 7) is 1.73. The number of Topliss-reactive ketones (excluding diaryl/α,β-unsaturated/α-hetero) is 1. The minimum atomic E-state index is -3.08. The van der Waals surface area contributed by atoms with Gasteiger partial charge in [0.25, 0.3) is 0 Å². The van der Waals surface area contributed by atoms with Crippen molar-refractivity contribution in [3.63, 3.8) is 0 Å². The van der Waals surface area contributed by atoms with Gasteiger partial charge in [-0.05, 0) is 19.1 Å². The van der Waals surface area contributed by atoms with Crippen LogP contribution < -0.4 is 0 Å². The van der Waals surface area contributed by atoms with E-state index in [0.717, 1.165) is 6.26 Å². The summed E-state index contributed by atoms with van der Waals surface area (Å²) < 4.78 is 21.8. The molecule has 0 atom stereocenters. The molecule has 0 aliphatic heterocycles. The molecule has 0 aliphatic rings. The van der Waals surface area contributed by atoms with Gasteiger partial charge in [0.2, 0.25) is 0 Å². The van der Waals surface area contributed by atoms with Crippen molar-refractivity contribution < 1.29 is 13.2 Å². The average Bonchev–Trinajstić information content (AvgIpc) is 2.14. The normalized spacial score (nSPS) is 11.3. The number of sulfone groups is 1. The van der Waals surface area contributed by atoms with Crippen LogP contribution in [0.1, 0.15) is 22.5 Å². The Hall–Kier alpha value is -1.23. The van der Waals surface area contributed by atoms with Crippen LogP contribution in [-0.4, -0.2) is 31.2 Å². The van der Waals surface area contributed by atoms with E-state index in [0.29, 0.717) is 11.3 Å². The van der Waals surface area contributed by atoms with Gasteiger partial charge in [-0.25, -0.2) is 8.42 Å². The molecular formula is C10H13NO3S. The molecule has 5 heteroatoms. The zero-order chi connectivity index (χ0) is 11.5. The topological polar surface area (TPSA) is 64.1 Å². The monoisotopic (exact) mass is 227 g/mol. The van der Waals surface area contributed by atoms with E-state index in [9.17, 15) is 13.2 Å². The highest BCUT2D eigenvalue weighted by molar-refractivity contribution is 7.90. The molecule has 0 aromatic carbocycles. The van der Waals surface area contributed by atoms with E-state index >= 15 is 0 Å². The van der Waals surface area contributed by atoms with E-state index < -0.39 is 9.84 Å². The van der Waals surface area contributed by atoms with Crippen molar-refractivity contribution in [2.24, 2.45) is 0 Å².